The van der Waals surface area contributed by atoms with Crippen LogP contribution in [-0.4, -0.2) is 6.43 Å². The van der Waals surface area contributed by atoms with Gasteiger partial charge < -0.3 is 1.43 Å². The van der Waals surface area contributed by atoms with E-state index in [0.717, 1.165) is 0 Å². The molecule has 0 atom stereocenters. The van der Waals surface area contributed by atoms with Crippen LogP contribution in [0.25, 0.3) is 0 Å². The van der Waals surface area contributed by atoms with Crippen LogP contribution < -0.4 is 29.6 Å². The monoisotopic (exact) mass is 118 g/mol. The van der Waals surface area contributed by atoms with Gasteiger partial charge in [-0.15, -0.1) is 0 Å². The van der Waals surface area contributed by atoms with Crippen LogP contribution in [0.5, 0.6) is 0 Å². The first-order valence-corrected chi connectivity index (χ1v) is 1.92. The molecule has 40 valence electrons. The molecular weight excluding hydrogens is 109 g/mol. The Hall–Kier alpha value is 0.860. The molecule has 0 aliphatic heterocycles. The zero-order valence-corrected chi connectivity index (χ0v) is 6.91. The van der Waals surface area contributed by atoms with Crippen LogP contribution in [0.1, 0.15) is 15.3 Å². The van der Waals surface area contributed by atoms with Crippen LogP contribution in [0.2, 0.25) is 0 Å². The zero-order chi connectivity index (χ0) is 5.15. The van der Waals surface area contributed by atoms with Gasteiger partial charge in [-0.2, -0.15) is 0 Å². The Morgan fingerprint density at radius 3 is 1.43 bits per heavy atom. The molecule has 0 saturated carbocycles. The van der Waals surface area contributed by atoms with Crippen LogP contribution in [-0.2, 0) is 0 Å². The fourth-order valence-corrected chi connectivity index (χ4v) is 0. The summed E-state index contributed by atoms with van der Waals surface area (Å²) in [6.45, 7) is 2.98. The average molecular weight is 118 g/mol. The molecular formula is C4H9F2Na. The Morgan fingerprint density at radius 2 is 1.43 bits per heavy atom. The fourth-order valence-electron chi connectivity index (χ4n) is 0. The van der Waals surface area contributed by atoms with Crippen molar-refractivity contribution < 1.29 is 39.8 Å². The van der Waals surface area contributed by atoms with Crippen LogP contribution in [0, 0.1) is 5.92 Å². The predicted molar refractivity (Wildman–Crippen MR) is 22.0 cm³/mol. The summed E-state index contributed by atoms with van der Waals surface area (Å²) in [6, 6.07) is 0. The second-order valence-corrected chi connectivity index (χ2v) is 1.58. The van der Waals surface area contributed by atoms with Gasteiger partial charge in [0.05, 0.1) is 0 Å². The van der Waals surface area contributed by atoms with Gasteiger partial charge in [-0.1, -0.05) is 13.8 Å². The van der Waals surface area contributed by atoms with Crippen molar-refractivity contribution in [2.75, 3.05) is 0 Å². The van der Waals surface area contributed by atoms with Gasteiger partial charge in [0.25, 0.3) is 0 Å². The maximum absolute atomic E-state index is 11.2. The van der Waals surface area contributed by atoms with E-state index in [0.29, 0.717) is 0 Å². The zero-order valence-electron chi connectivity index (χ0n) is 5.91. The van der Waals surface area contributed by atoms with Crippen molar-refractivity contribution in [1.82, 2.24) is 0 Å². The van der Waals surface area contributed by atoms with E-state index in [9.17, 15) is 8.78 Å². The first-order chi connectivity index (χ1) is 2.64. The molecule has 0 aromatic rings. The van der Waals surface area contributed by atoms with Gasteiger partial charge in [-0.05, 0) is 0 Å². The molecule has 0 saturated heterocycles. The molecule has 3 heteroatoms. The van der Waals surface area contributed by atoms with Gasteiger partial charge in [0, 0.05) is 5.92 Å². The van der Waals surface area contributed by atoms with Crippen LogP contribution in [0.4, 0.5) is 8.78 Å². The minimum atomic E-state index is -2.15. The SMILES string of the molecule is CC(C)C(F)F.[H-].[Na+]. The predicted octanol–water partition coefficient (Wildman–Crippen LogP) is -0.976. The Bertz CT molecular complexity index is 35.0. The first kappa shape index (κ1) is 10.8. The summed E-state index contributed by atoms with van der Waals surface area (Å²) in [5.74, 6) is -0.481. The fraction of sp³-hybridized carbons (Fsp3) is 1.00. The Morgan fingerprint density at radius 1 is 1.29 bits per heavy atom. The van der Waals surface area contributed by atoms with Crippen molar-refractivity contribution in [3.8, 4) is 0 Å². The largest absolute Gasteiger partial charge is 1.00 e. The molecule has 0 fully saturated rings. The summed E-state index contributed by atoms with van der Waals surface area (Å²) in [5.41, 5.74) is 0. The molecule has 0 aromatic heterocycles. The van der Waals surface area contributed by atoms with Crippen molar-refractivity contribution in [2.24, 2.45) is 5.92 Å². The smallest absolute Gasteiger partial charge is 1.00 e. The Labute approximate surface area is 66.1 Å². The van der Waals surface area contributed by atoms with Crippen molar-refractivity contribution in [3.05, 3.63) is 0 Å². The van der Waals surface area contributed by atoms with Gasteiger partial charge >= 0.3 is 29.6 Å². The topological polar surface area (TPSA) is 0 Å². The first-order valence-electron chi connectivity index (χ1n) is 1.92. The maximum Gasteiger partial charge on any atom is 1.00 e. The summed E-state index contributed by atoms with van der Waals surface area (Å²) in [4.78, 5) is 0. The summed E-state index contributed by atoms with van der Waals surface area (Å²) in [5, 5.41) is 0. The minimum Gasteiger partial charge on any atom is -1.00 e. The Kier molecular flexibility index (Phi) is 7.70. The molecule has 7 heavy (non-hydrogen) atoms. The quantitative estimate of drug-likeness (QED) is 0.388. The molecule has 0 amide bonds. The number of hydrogen-bond donors (Lipinski definition) is 0. The average Bonchev–Trinajstić information content (AvgIpc) is 1.36. The summed E-state index contributed by atoms with van der Waals surface area (Å²) in [6.07, 6.45) is -2.15. The van der Waals surface area contributed by atoms with E-state index in [1.165, 1.54) is 13.8 Å². The van der Waals surface area contributed by atoms with E-state index in [1.807, 2.05) is 0 Å². The number of hydrogen-bond acceptors (Lipinski definition) is 0. The molecule has 0 spiro atoms. The van der Waals surface area contributed by atoms with E-state index in [4.69, 9.17) is 0 Å². The van der Waals surface area contributed by atoms with Crippen LogP contribution >= 0.6 is 0 Å². The molecule has 0 N–H and O–H groups in total. The third-order valence-electron chi connectivity index (χ3n) is 0.504. The molecule has 0 rings (SSSR count). The third-order valence-corrected chi connectivity index (χ3v) is 0.504. The van der Waals surface area contributed by atoms with Gasteiger partial charge in [-0.25, -0.2) is 8.78 Å². The van der Waals surface area contributed by atoms with Crippen LogP contribution in [0.3, 0.4) is 0 Å². The standard InChI is InChI=1S/C4H8F2.Na.H/c1-3(2)4(5)6;;/h3-4H,1-2H3;;/q;+1;-1. The summed E-state index contributed by atoms with van der Waals surface area (Å²) >= 11 is 0. The molecule has 0 nitrogen and oxygen atoms in total. The molecule has 0 heterocycles. The van der Waals surface area contributed by atoms with Gasteiger partial charge in [0.2, 0.25) is 6.43 Å². The van der Waals surface area contributed by atoms with E-state index in [2.05, 4.69) is 0 Å². The van der Waals surface area contributed by atoms with E-state index in [1.54, 1.807) is 0 Å². The second kappa shape index (κ2) is 5.01. The number of alkyl halides is 2. The Balaban J connectivity index is -0.000000125. The normalized spacial score (nSPS) is 9.43. The van der Waals surface area contributed by atoms with Crippen LogP contribution in [0.15, 0.2) is 0 Å². The van der Waals surface area contributed by atoms with E-state index in [-0.39, 0.29) is 31.0 Å². The molecule has 0 unspecified atom stereocenters. The number of halogens is 2. The minimum absolute atomic E-state index is 0. The molecule has 0 aliphatic rings. The third kappa shape index (κ3) is 6.86. The molecule has 0 radical (unpaired) electrons. The van der Waals surface area contributed by atoms with Crippen molar-refractivity contribution in [3.63, 3.8) is 0 Å². The van der Waals surface area contributed by atoms with Gasteiger partial charge in [0.1, 0.15) is 0 Å². The molecule has 0 bridgehead atoms. The van der Waals surface area contributed by atoms with E-state index < -0.39 is 12.3 Å². The molecule has 0 aliphatic carbocycles. The van der Waals surface area contributed by atoms with Crippen molar-refractivity contribution in [1.29, 1.82) is 0 Å². The van der Waals surface area contributed by atoms with E-state index >= 15 is 0 Å². The molecule has 0 aromatic carbocycles. The number of rotatable bonds is 1. The van der Waals surface area contributed by atoms with Gasteiger partial charge in [0.15, 0.2) is 0 Å². The van der Waals surface area contributed by atoms with Crippen molar-refractivity contribution in [2.45, 2.75) is 20.3 Å². The van der Waals surface area contributed by atoms with Crippen molar-refractivity contribution >= 4 is 0 Å². The summed E-state index contributed by atoms with van der Waals surface area (Å²) < 4.78 is 22.3. The van der Waals surface area contributed by atoms with Gasteiger partial charge in [-0.3, -0.25) is 0 Å². The maximum atomic E-state index is 11.2. The second-order valence-electron chi connectivity index (χ2n) is 1.58. The summed E-state index contributed by atoms with van der Waals surface area (Å²) in [7, 11) is 0.